The molecule has 0 amide bonds. The Hall–Kier alpha value is -0.870. The van der Waals surface area contributed by atoms with E-state index in [0.29, 0.717) is 12.1 Å². The Morgan fingerprint density at radius 1 is 1.33 bits per heavy atom. The molecule has 4 nitrogen and oxygen atoms in total. The fourth-order valence-corrected chi connectivity index (χ4v) is 2.81. The van der Waals surface area contributed by atoms with Crippen molar-refractivity contribution in [1.82, 2.24) is 20.0 Å². The Labute approximate surface area is 110 Å². The molecule has 0 saturated carbocycles. The Morgan fingerprint density at radius 2 is 2.22 bits per heavy atom. The maximum atomic E-state index is 4.28. The summed E-state index contributed by atoms with van der Waals surface area (Å²) in [7, 11) is 0. The number of hydrogen-bond donors (Lipinski definition) is 1. The van der Waals surface area contributed by atoms with Gasteiger partial charge in [-0.2, -0.15) is 5.10 Å². The largest absolute Gasteiger partial charge is 0.311 e. The first-order valence-corrected chi connectivity index (χ1v) is 7.28. The molecule has 0 radical (unpaired) electrons. The summed E-state index contributed by atoms with van der Waals surface area (Å²) in [6.07, 6.45) is 7.68. The van der Waals surface area contributed by atoms with Gasteiger partial charge in [0, 0.05) is 44.1 Å². The van der Waals surface area contributed by atoms with Gasteiger partial charge in [-0.1, -0.05) is 20.3 Å². The normalized spacial score (nSPS) is 25.4. The number of nitrogens with one attached hydrogen (secondary N) is 1. The molecule has 1 aromatic rings. The summed E-state index contributed by atoms with van der Waals surface area (Å²) < 4.78 is 2.03. The van der Waals surface area contributed by atoms with Crippen molar-refractivity contribution in [2.24, 2.45) is 0 Å². The molecule has 4 heteroatoms. The lowest BCUT2D eigenvalue weighted by Gasteiger charge is -2.40. The molecule has 1 N–H and O–H groups in total. The van der Waals surface area contributed by atoms with Gasteiger partial charge in [-0.3, -0.25) is 9.58 Å². The first-order chi connectivity index (χ1) is 8.83. The maximum absolute atomic E-state index is 4.28. The number of hydrogen-bond acceptors (Lipinski definition) is 3. The van der Waals surface area contributed by atoms with Crippen LogP contribution >= 0.6 is 0 Å². The van der Waals surface area contributed by atoms with E-state index >= 15 is 0 Å². The second-order valence-electron chi connectivity index (χ2n) is 5.22. The minimum absolute atomic E-state index is 0.676. The zero-order valence-corrected chi connectivity index (χ0v) is 11.7. The van der Waals surface area contributed by atoms with Crippen molar-refractivity contribution in [3.05, 3.63) is 18.5 Å². The van der Waals surface area contributed by atoms with E-state index in [2.05, 4.69) is 29.2 Å². The van der Waals surface area contributed by atoms with E-state index in [-0.39, 0.29) is 0 Å². The molecule has 2 atom stereocenters. The van der Waals surface area contributed by atoms with Crippen molar-refractivity contribution in [2.45, 2.75) is 51.7 Å². The van der Waals surface area contributed by atoms with Gasteiger partial charge >= 0.3 is 0 Å². The molecule has 2 rings (SSSR count). The number of piperazine rings is 1. The van der Waals surface area contributed by atoms with Gasteiger partial charge < -0.3 is 5.32 Å². The minimum atomic E-state index is 0.676. The van der Waals surface area contributed by atoms with Gasteiger partial charge in [-0.25, -0.2) is 0 Å². The van der Waals surface area contributed by atoms with E-state index in [0.717, 1.165) is 19.6 Å². The molecule has 0 aliphatic carbocycles. The quantitative estimate of drug-likeness (QED) is 0.835. The Balaban J connectivity index is 1.85. The smallest absolute Gasteiger partial charge is 0.0536 e. The summed E-state index contributed by atoms with van der Waals surface area (Å²) in [6, 6.07) is 3.36. The Bertz CT molecular complexity index is 323. The topological polar surface area (TPSA) is 33.1 Å². The van der Waals surface area contributed by atoms with Gasteiger partial charge in [0.1, 0.15) is 0 Å². The summed E-state index contributed by atoms with van der Waals surface area (Å²) in [4.78, 5) is 2.64. The molecule has 1 aliphatic rings. The Kier molecular flexibility index (Phi) is 5.20. The van der Waals surface area contributed by atoms with Crippen molar-refractivity contribution in [1.29, 1.82) is 0 Å². The van der Waals surface area contributed by atoms with E-state index in [1.807, 2.05) is 23.1 Å². The summed E-state index contributed by atoms with van der Waals surface area (Å²) in [5.41, 5.74) is 0. The van der Waals surface area contributed by atoms with E-state index in [1.54, 1.807) is 0 Å². The van der Waals surface area contributed by atoms with Gasteiger partial charge in [0.05, 0.1) is 6.54 Å². The third-order valence-electron chi connectivity index (χ3n) is 3.90. The fraction of sp³-hybridized carbons (Fsp3) is 0.786. The maximum Gasteiger partial charge on any atom is 0.0536 e. The van der Waals surface area contributed by atoms with Crippen LogP contribution in [-0.4, -0.2) is 46.4 Å². The van der Waals surface area contributed by atoms with Gasteiger partial charge in [0.15, 0.2) is 0 Å². The third-order valence-corrected chi connectivity index (χ3v) is 3.90. The van der Waals surface area contributed by atoms with Gasteiger partial charge in [0.2, 0.25) is 0 Å². The van der Waals surface area contributed by atoms with E-state index in [9.17, 15) is 0 Å². The van der Waals surface area contributed by atoms with Crippen LogP contribution in [0.2, 0.25) is 0 Å². The summed E-state index contributed by atoms with van der Waals surface area (Å²) in [5, 5.41) is 7.96. The van der Waals surface area contributed by atoms with E-state index in [4.69, 9.17) is 0 Å². The predicted octanol–water partition coefficient (Wildman–Crippen LogP) is 1.74. The first kappa shape index (κ1) is 13.6. The van der Waals surface area contributed by atoms with Crippen LogP contribution in [0.15, 0.2) is 18.5 Å². The number of nitrogens with zero attached hydrogens (tertiary/aromatic N) is 3. The second-order valence-corrected chi connectivity index (χ2v) is 5.22. The van der Waals surface area contributed by atoms with Gasteiger partial charge in [0.25, 0.3) is 0 Å². The van der Waals surface area contributed by atoms with Crippen LogP contribution in [0.3, 0.4) is 0 Å². The van der Waals surface area contributed by atoms with Crippen LogP contribution in [0.5, 0.6) is 0 Å². The third kappa shape index (κ3) is 3.56. The zero-order valence-electron chi connectivity index (χ0n) is 11.7. The van der Waals surface area contributed by atoms with Gasteiger partial charge in [-0.05, 0) is 18.9 Å². The monoisotopic (exact) mass is 250 g/mol. The SMILES string of the molecule is CCCC1CN(CCn2cccn2)C(CC)CN1. The standard InChI is InChI=1S/C14H26N4/c1-3-6-13-12-17(14(4-2)11-15-13)9-10-18-8-5-7-16-18/h5,7-8,13-15H,3-4,6,9-12H2,1-2H3. The highest BCUT2D eigenvalue weighted by atomic mass is 15.3. The molecule has 0 spiro atoms. The minimum Gasteiger partial charge on any atom is -0.311 e. The van der Waals surface area contributed by atoms with Crippen molar-refractivity contribution >= 4 is 0 Å². The van der Waals surface area contributed by atoms with Gasteiger partial charge in [-0.15, -0.1) is 0 Å². The zero-order chi connectivity index (χ0) is 12.8. The number of aromatic nitrogens is 2. The van der Waals surface area contributed by atoms with Crippen LogP contribution < -0.4 is 5.32 Å². The van der Waals surface area contributed by atoms with Crippen LogP contribution in [0.4, 0.5) is 0 Å². The second kappa shape index (κ2) is 6.90. The summed E-state index contributed by atoms with van der Waals surface area (Å²) >= 11 is 0. The number of rotatable bonds is 6. The highest BCUT2D eigenvalue weighted by molar-refractivity contribution is 4.86. The van der Waals surface area contributed by atoms with Crippen LogP contribution in [0.1, 0.15) is 33.1 Å². The van der Waals surface area contributed by atoms with Crippen LogP contribution in [-0.2, 0) is 6.54 Å². The molecule has 1 saturated heterocycles. The van der Waals surface area contributed by atoms with Crippen LogP contribution in [0, 0.1) is 0 Å². The molecule has 102 valence electrons. The molecule has 18 heavy (non-hydrogen) atoms. The molecule has 0 bridgehead atoms. The highest BCUT2D eigenvalue weighted by Gasteiger charge is 2.25. The lowest BCUT2D eigenvalue weighted by atomic mass is 10.0. The van der Waals surface area contributed by atoms with E-state index < -0.39 is 0 Å². The molecule has 2 unspecified atom stereocenters. The Morgan fingerprint density at radius 3 is 2.89 bits per heavy atom. The molecule has 2 heterocycles. The molecule has 0 aromatic carbocycles. The molecule has 1 fully saturated rings. The van der Waals surface area contributed by atoms with E-state index in [1.165, 1.54) is 25.8 Å². The lowest BCUT2D eigenvalue weighted by molar-refractivity contribution is 0.117. The van der Waals surface area contributed by atoms with Crippen LogP contribution in [0.25, 0.3) is 0 Å². The molecule has 1 aromatic heterocycles. The lowest BCUT2D eigenvalue weighted by Crippen LogP contribution is -2.56. The summed E-state index contributed by atoms with van der Waals surface area (Å²) in [6.45, 7) is 8.99. The fourth-order valence-electron chi connectivity index (χ4n) is 2.81. The average Bonchev–Trinajstić information content (AvgIpc) is 2.90. The molecule has 1 aliphatic heterocycles. The summed E-state index contributed by atoms with van der Waals surface area (Å²) in [5.74, 6) is 0. The molecular weight excluding hydrogens is 224 g/mol. The highest BCUT2D eigenvalue weighted by Crippen LogP contribution is 2.13. The average molecular weight is 250 g/mol. The van der Waals surface area contributed by atoms with Crippen molar-refractivity contribution < 1.29 is 0 Å². The molecular formula is C14H26N4. The van der Waals surface area contributed by atoms with Crippen molar-refractivity contribution in [3.63, 3.8) is 0 Å². The first-order valence-electron chi connectivity index (χ1n) is 7.28. The predicted molar refractivity (Wildman–Crippen MR) is 74.6 cm³/mol. The van der Waals surface area contributed by atoms with Crippen molar-refractivity contribution in [3.8, 4) is 0 Å². The van der Waals surface area contributed by atoms with Crippen molar-refractivity contribution in [2.75, 3.05) is 19.6 Å².